The van der Waals surface area contributed by atoms with E-state index < -0.39 is 0 Å². The fourth-order valence-corrected chi connectivity index (χ4v) is 2.24. The van der Waals surface area contributed by atoms with E-state index in [1.807, 2.05) is 51.1 Å². The van der Waals surface area contributed by atoms with Gasteiger partial charge in [0.25, 0.3) is 0 Å². The van der Waals surface area contributed by atoms with Crippen LogP contribution in [0.3, 0.4) is 0 Å². The lowest BCUT2D eigenvalue weighted by Crippen LogP contribution is -2.00. The number of ketones is 1. The van der Waals surface area contributed by atoms with Crippen LogP contribution in [0.25, 0.3) is 5.57 Å². The normalized spacial score (nSPS) is 11.3. The fraction of sp³-hybridized carbons (Fsp3) is 0.211. The standard InChI is InChI=1S/C19H20O2/c1-13-6-5-7-16(10-13)15(3)11-19(20)18-12-17(21-4)9-8-14(18)2/h5-12H,1-4H3/b15-11+. The lowest BCUT2D eigenvalue weighted by Gasteiger charge is -2.07. The van der Waals surface area contributed by atoms with Crippen molar-refractivity contribution >= 4 is 11.4 Å². The molecule has 2 nitrogen and oxygen atoms in total. The first-order valence-corrected chi connectivity index (χ1v) is 6.95. The molecule has 0 unspecified atom stereocenters. The van der Waals surface area contributed by atoms with E-state index >= 15 is 0 Å². The van der Waals surface area contributed by atoms with Crippen LogP contribution in [0, 0.1) is 13.8 Å². The number of allylic oxidation sites excluding steroid dienone is 2. The zero-order valence-electron chi connectivity index (χ0n) is 12.9. The van der Waals surface area contributed by atoms with Gasteiger partial charge in [0.05, 0.1) is 7.11 Å². The van der Waals surface area contributed by atoms with Crippen LogP contribution in [-0.4, -0.2) is 12.9 Å². The largest absolute Gasteiger partial charge is 0.497 e. The van der Waals surface area contributed by atoms with Crippen LogP contribution in [-0.2, 0) is 0 Å². The fourth-order valence-electron chi connectivity index (χ4n) is 2.24. The van der Waals surface area contributed by atoms with Crippen LogP contribution in [0.2, 0.25) is 0 Å². The molecule has 0 aliphatic carbocycles. The second-order valence-electron chi connectivity index (χ2n) is 5.24. The van der Waals surface area contributed by atoms with Crippen molar-refractivity contribution in [2.45, 2.75) is 20.8 Å². The molecule has 0 heterocycles. The summed E-state index contributed by atoms with van der Waals surface area (Å²) >= 11 is 0. The topological polar surface area (TPSA) is 26.3 Å². The number of hydrogen-bond donors (Lipinski definition) is 0. The molecule has 0 amide bonds. The maximum absolute atomic E-state index is 12.5. The van der Waals surface area contributed by atoms with Crippen LogP contribution < -0.4 is 4.74 Å². The monoisotopic (exact) mass is 280 g/mol. The van der Waals surface area contributed by atoms with Crippen molar-refractivity contribution in [3.05, 3.63) is 70.8 Å². The molecule has 0 saturated heterocycles. The summed E-state index contributed by atoms with van der Waals surface area (Å²) in [4.78, 5) is 12.5. The van der Waals surface area contributed by atoms with E-state index in [1.54, 1.807) is 19.3 Å². The van der Waals surface area contributed by atoms with E-state index in [0.717, 1.165) is 16.7 Å². The molecule has 0 fully saturated rings. The van der Waals surface area contributed by atoms with Crippen molar-refractivity contribution in [2.75, 3.05) is 7.11 Å². The van der Waals surface area contributed by atoms with Gasteiger partial charge in [-0.05, 0) is 55.7 Å². The number of benzene rings is 2. The molecule has 0 aromatic heterocycles. The third-order valence-corrected chi connectivity index (χ3v) is 3.53. The minimum atomic E-state index is 0.00501. The Morgan fingerprint density at radius 2 is 1.86 bits per heavy atom. The van der Waals surface area contributed by atoms with Crippen LogP contribution in [0.15, 0.2) is 48.5 Å². The van der Waals surface area contributed by atoms with Crippen LogP contribution in [0.1, 0.15) is 34.0 Å². The lowest BCUT2D eigenvalue weighted by molar-refractivity contribution is 0.104. The molecule has 0 aliphatic heterocycles. The summed E-state index contributed by atoms with van der Waals surface area (Å²) < 4.78 is 5.19. The molecule has 0 aliphatic rings. The molecule has 21 heavy (non-hydrogen) atoms. The average Bonchev–Trinajstić information content (AvgIpc) is 2.47. The Morgan fingerprint density at radius 3 is 2.52 bits per heavy atom. The molecule has 2 heteroatoms. The van der Waals surface area contributed by atoms with Gasteiger partial charge < -0.3 is 4.74 Å². The quantitative estimate of drug-likeness (QED) is 0.604. The smallest absolute Gasteiger partial charge is 0.186 e. The van der Waals surface area contributed by atoms with E-state index in [-0.39, 0.29) is 5.78 Å². The minimum absolute atomic E-state index is 0.00501. The highest BCUT2D eigenvalue weighted by atomic mass is 16.5. The third kappa shape index (κ3) is 3.60. The summed E-state index contributed by atoms with van der Waals surface area (Å²) in [6.45, 7) is 5.94. The van der Waals surface area contributed by atoms with Crippen LogP contribution >= 0.6 is 0 Å². The molecule has 2 rings (SSSR count). The van der Waals surface area contributed by atoms with E-state index in [0.29, 0.717) is 11.3 Å². The van der Waals surface area contributed by atoms with Gasteiger partial charge in [-0.2, -0.15) is 0 Å². The van der Waals surface area contributed by atoms with Crippen molar-refractivity contribution < 1.29 is 9.53 Å². The highest BCUT2D eigenvalue weighted by Crippen LogP contribution is 2.20. The Balaban J connectivity index is 2.34. The number of methoxy groups -OCH3 is 1. The van der Waals surface area contributed by atoms with Crippen molar-refractivity contribution in [3.8, 4) is 5.75 Å². The predicted octanol–water partition coefficient (Wildman–Crippen LogP) is 4.60. The van der Waals surface area contributed by atoms with Crippen molar-refractivity contribution in [3.63, 3.8) is 0 Å². The van der Waals surface area contributed by atoms with E-state index in [4.69, 9.17) is 4.74 Å². The Morgan fingerprint density at radius 1 is 1.10 bits per heavy atom. The molecule has 0 saturated carbocycles. The van der Waals surface area contributed by atoms with Crippen molar-refractivity contribution in [1.82, 2.24) is 0 Å². The van der Waals surface area contributed by atoms with Crippen molar-refractivity contribution in [2.24, 2.45) is 0 Å². The summed E-state index contributed by atoms with van der Waals surface area (Å²) in [5, 5.41) is 0. The predicted molar refractivity (Wildman–Crippen MR) is 86.9 cm³/mol. The number of carbonyl (C=O) groups excluding carboxylic acids is 1. The molecule has 0 bridgehead atoms. The van der Waals surface area contributed by atoms with Gasteiger partial charge in [-0.1, -0.05) is 35.9 Å². The van der Waals surface area contributed by atoms with E-state index in [9.17, 15) is 4.79 Å². The van der Waals surface area contributed by atoms with E-state index in [1.165, 1.54) is 5.56 Å². The lowest BCUT2D eigenvalue weighted by atomic mass is 9.99. The first-order valence-electron chi connectivity index (χ1n) is 6.95. The Labute approximate surface area is 126 Å². The summed E-state index contributed by atoms with van der Waals surface area (Å²) in [6, 6.07) is 13.7. The molecule has 0 atom stereocenters. The maximum Gasteiger partial charge on any atom is 0.186 e. The number of hydrogen-bond acceptors (Lipinski definition) is 2. The highest BCUT2D eigenvalue weighted by molar-refractivity contribution is 6.09. The molecule has 2 aromatic rings. The molecule has 2 aromatic carbocycles. The van der Waals surface area contributed by atoms with Crippen molar-refractivity contribution in [1.29, 1.82) is 0 Å². The van der Waals surface area contributed by atoms with E-state index in [2.05, 4.69) is 6.07 Å². The van der Waals surface area contributed by atoms with Gasteiger partial charge in [0.1, 0.15) is 5.75 Å². The van der Waals surface area contributed by atoms with Gasteiger partial charge >= 0.3 is 0 Å². The SMILES string of the molecule is COc1ccc(C)c(C(=O)/C=C(\C)c2cccc(C)c2)c1. The summed E-state index contributed by atoms with van der Waals surface area (Å²) in [6.07, 6.45) is 1.69. The number of carbonyl (C=O) groups is 1. The van der Waals surface area contributed by atoms with Gasteiger partial charge in [0.2, 0.25) is 0 Å². The van der Waals surface area contributed by atoms with Gasteiger partial charge in [-0.15, -0.1) is 0 Å². The van der Waals surface area contributed by atoms with Gasteiger partial charge in [-0.3, -0.25) is 4.79 Å². The Kier molecular flexibility index (Phi) is 4.59. The molecular weight excluding hydrogens is 260 g/mol. The summed E-state index contributed by atoms with van der Waals surface area (Å²) in [5.74, 6) is 0.705. The van der Waals surface area contributed by atoms with Gasteiger partial charge in [-0.25, -0.2) is 0 Å². The van der Waals surface area contributed by atoms with Crippen LogP contribution in [0.5, 0.6) is 5.75 Å². The molecule has 0 N–H and O–H groups in total. The molecule has 108 valence electrons. The minimum Gasteiger partial charge on any atom is -0.497 e. The average molecular weight is 280 g/mol. The summed E-state index contributed by atoms with van der Waals surface area (Å²) in [7, 11) is 1.60. The first-order chi connectivity index (χ1) is 10.0. The number of rotatable bonds is 4. The zero-order chi connectivity index (χ0) is 15.4. The Hall–Kier alpha value is -2.35. The van der Waals surface area contributed by atoms with Crippen LogP contribution in [0.4, 0.5) is 0 Å². The maximum atomic E-state index is 12.5. The molecular formula is C19H20O2. The second-order valence-corrected chi connectivity index (χ2v) is 5.24. The number of aryl methyl sites for hydroxylation is 2. The molecule has 0 spiro atoms. The first kappa shape index (κ1) is 15.0. The molecule has 0 radical (unpaired) electrons. The Bertz CT molecular complexity index is 696. The summed E-state index contributed by atoms with van der Waals surface area (Å²) in [5.41, 5.74) is 4.86. The number of ether oxygens (including phenoxy) is 1. The van der Waals surface area contributed by atoms with Gasteiger partial charge in [0, 0.05) is 5.56 Å². The van der Waals surface area contributed by atoms with Gasteiger partial charge in [0.15, 0.2) is 5.78 Å². The highest BCUT2D eigenvalue weighted by Gasteiger charge is 2.09. The zero-order valence-corrected chi connectivity index (χ0v) is 12.9. The third-order valence-electron chi connectivity index (χ3n) is 3.53. The second kappa shape index (κ2) is 6.40.